The normalized spacial score (nSPS) is 11.6. The van der Waals surface area contributed by atoms with Gasteiger partial charge < -0.3 is 14.4 Å². The van der Waals surface area contributed by atoms with Crippen molar-refractivity contribution in [2.75, 3.05) is 6.61 Å². The van der Waals surface area contributed by atoms with E-state index in [-0.39, 0.29) is 23.6 Å². The molecular weight excluding hydrogens is 373 g/mol. The predicted molar refractivity (Wildman–Crippen MR) is 108 cm³/mol. The van der Waals surface area contributed by atoms with E-state index in [1.807, 2.05) is 30.3 Å². The SMILES string of the molecule is O=c1c(-c2ccccc2)coc2cc(OC/C(=N/O)c3ccc(F)cc3)ccc12. The highest BCUT2D eigenvalue weighted by molar-refractivity contribution is 6.01. The summed E-state index contributed by atoms with van der Waals surface area (Å²) in [4.78, 5) is 12.8. The van der Waals surface area contributed by atoms with Gasteiger partial charge in [-0.3, -0.25) is 4.79 Å². The van der Waals surface area contributed by atoms with Gasteiger partial charge in [-0.2, -0.15) is 0 Å². The Morgan fingerprint density at radius 3 is 2.52 bits per heavy atom. The van der Waals surface area contributed by atoms with Gasteiger partial charge in [-0.05, 0) is 42.0 Å². The molecule has 144 valence electrons. The maximum atomic E-state index is 13.1. The molecule has 3 aromatic carbocycles. The van der Waals surface area contributed by atoms with Gasteiger partial charge in [-0.25, -0.2) is 4.39 Å². The second-order valence-corrected chi connectivity index (χ2v) is 6.34. The van der Waals surface area contributed by atoms with Gasteiger partial charge in [0.25, 0.3) is 0 Å². The van der Waals surface area contributed by atoms with Gasteiger partial charge in [-0.15, -0.1) is 0 Å². The Bertz CT molecular complexity index is 1230. The molecule has 0 amide bonds. The van der Waals surface area contributed by atoms with E-state index in [0.717, 1.165) is 5.56 Å². The number of hydrogen-bond donors (Lipinski definition) is 1. The van der Waals surface area contributed by atoms with Crippen molar-refractivity contribution in [1.82, 2.24) is 0 Å². The molecule has 0 aliphatic carbocycles. The number of halogens is 1. The van der Waals surface area contributed by atoms with Gasteiger partial charge in [0.05, 0.1) is 10.9 Å². The van der Waals surface area contributed by atoms with E-state index in [9.17, 15) is 14.4 Å². The molecule has 29 heavy (non-hydrogen) atoms. The lowest BCUT2D eigenvalue weighted by atomic mass is 10.1. The first-order valence-electron chi connectivity index (χ1n) is 8.86. The van der Waals surface area contributed by atoms with Crippen LogP contribution in [0.3, 0.4) is 0 Å². The maximum Gasteiger partial charge on any atom is 0.200 e. The summed E-state index contributed by atoms with van der Waals surface area (Å²) in [6.45, 7) is -0.0417. The minimum Gasteiger partial charge on any atom is -0.487 e. The predicted octanol–water partition coefficient (Wildman–Crippen LogP) is 4.86. The zero-order chi connectivity index (χ0) is 20.2. The molecule has 0 saturated carbocycles. The van der Waals surface area contributed by atoms with E-state index in [1.165, 1.54) is 30.5 Å². The van der Waals surface area contributed by atoms with Crippen LogP contribution in [0.5, 0.6) is 5.75 Å². The number of fused-ring (bicyclic) bond motifs is 1. The fourth-order valence-electron chi connectivity index (χ4n) is 2.98. The summed E-state index contributed by atoms with van der Waals surface area (Å²) >= 11 is 0. The van der Waals surface area contributed by atoms with E-state index in [1.54, 1.807) is 18.2 Å². The molecule has 0 aliphatic rings. The molecular formula is C23H16FNO4. The van der Waals surface area contributed by atoms with Crippen molar-refractivity contribution in [3.63, 3.8) is 0 Å². The average Bonchev–Trinajstić information content (AvgIpc) is 2.76. The minimum atomic E-state index is -0.383. The second kappa shape index (κ2) is 7.98. The van der Waals surface area contributed by atoms with Crippen LogP contribution in [-0.2, 0) is 0 Å². The summed E-state index contributed by atoms with van der Waals surface area (Å²) in [6.07, 6.45) is 1.43. The highest BCUT2D eigenvalue weighted by atomic mass is 19.1. The summed E-state index contributed by atoms with van der Waals surface area (Å²) in [5.74, 6) is 0.0581. The number of ether oxygens (including phenoxy) is 1. The van der Waals surface area contributed by atoms with E-state index in [0.29, 0.717) is 27.8 Å². The van der Waals surface area contributed by atoms with Crippen LogP contribution in [0.25, 0.3) is 22.1 Å². The fourth-order valence-corrected chi connectivity index (χ4v) is 2.98. The first kappa shape index (κ1) is 18.4. The quantitative estimate of drug-likeness (QED) is 0.301. The Morgan fingerprint density at radius 1 is 1.03 bits per heavy atom. The topological polar surface area (TPSA) is 72.0 Å². The molecule has 0 spiro atoms. The molecule has 4 aromatic rings. The monoisotopic (exact) mass is 389 g/mol. The second-order valence-electron chi connectivity index (χ2n) is 6.34. The van der Waals surface area contributed by atoms with Crippen molar-refractivity contribution >= 4 is 16.7 Å². The van der Waals surface area contributed by atoms with Gasteiger partial charge in [0.15, 0.2) is 5.43 Å². The van der Waals surface area contributed by atoms with E-state index < -0.39 is 0 Å². The Morgan fingerprint density at radius 2 is 1.79 bits per heavy atom. The number of rotatable bonds is 5. The zero-order valence-electron chi connectivity index (χ0n) is 15.2. The number of nitrogens with zero attached hydrogens (tertiary/aromatic N) is 1. The standard InChI is InChI=1S/C23H16FNO4/c24-17-8-6-16(7-9-17)21(25-27)14-28-18-10-11-19-22(12-18)29-13-20(23(19)26)15-4-2-1-3-5-15/h1-13,27H,14H2/b25-21-. The van der Waals surface area contributed by atoms with Crippen LogP contribution in [0, 0.1) is 5.82 Å². The molecule has 0 bridgehead atoms. The molecule has 6 heteroatoms. The molecule has 0 saturated heterocycles. The zero-order valence-corrected chi connectivity index (χ0v) is 15.2. The summed E-state index contributed by atoms with van der Waals surface area (Å²) in [5.41, 5.74) is 2.30. The molecule has 0 unspecified atom stereocenters. The summed E-state index contributed by atoms with van der Waals surface area (Å²) in [6, 6.07) is 19.7. The van der Waals surface area contributed by atoms with Crippen LogP contribution in [-0.4, -0.2) is 17.5 Å². The summed E-state index contributed by atoms with van der Waals surface area (Å²) in [5, 5.41) is 12.9. The highest BCUT2D eigenvalue weighted by Crippen LogP contribution is 2.23. The third-order valence-electron chi connectivity index (χ3n) is 4.50. The Hall–Kier alpha value is -3.93. The first-order valence-corrected chi connectivity index (χ1v) is 8.86. The smallest absolute Gasteiger partial charge is 0.200 e. The van der Waals surface area contributed by atoms with E-state index in [2.05, 4.69) is 5.16 Å². The largest absolute Gasteiger partial charge is 0.487 e. The van der Waals surface area contributed by atoms with Crippen LogP contribution in [0.15, 0.2) is 93.4 Å². The average molecular weight is 389 g/mol. The third-order valence-corrected chi connectivity index (χ3v) is 4.50. The molecule has 5 nitrogen and oxygen atoms in total. The molecule has 1 heterocycles. The number of benzene rings is 3. The van der Waals surface area contributed by atoms with Crippen molar-refractivity contribution in [3.8, 4) is 16.9 Å². The first-order chi connectivity index (χ1) is 14.2. The van der Waals surface area contributed by atoms with Crippen LogP contribution in [0.4, 0.5) is 4.39 Å². The molecule has 4 rings (SSSR count). The molecule has 0 aliphatic heterocycles. The third kappa shape index (κ3) is 3.87. The molecule has 0 fully saturated rings. The van der Waals surface area contributed by atoms with Crippen LogP contribution >= 0.6 is 0 Å². The lowest BCUT2D eigenvalue weighted by molar-refractivity contribution is 0.308. The van der Waals surface area contributed by atoms with Crippen molar-refractivity contribution in [2.45, 2.75) is 0 Å². The van der Waals surface area contributed by atoms with Crippen molar-refractivity contribution < 1.29 is 18.8 Å². The van der Waals surface area contributed by atoms with E-state index >= 15 is 0 Å². The Labute approximate surface area is 165 Å². The summed E-state index contributed by atoms with van der Waals surface area (Å²) < 4.78 is 24.4. The van der Waals surface area contributed by atoms with Crippen molar-refractivity contribution in [1.29, 1.82) is 0 Å². The number of oxime groups is 1. The lowest BCUT2D eigenvalue weighted by Gasteiger charge is -2.09. The van der Waals surface area contributed by atoms with Crippen molar-refractivity contribution in [3.05, 3.63) is 101 Å². The van der Waals surface area contributed by atoms with Gasteiger partial charge in [-0.1, -0.05) is 35.5 Å². The Kier molecular flexibility index (Phi) is 5.07. The van der Waals surface area contributed by atoms with Gasteiger partial charge >= 0.3 is 0 Å². The Balaban J connectivity index is 1.58. The molecule has 1 N–H and O–H groups in total. The summed E-state index contributed by atoms with van der Waals surface area (Å²) in [7, 11) is 0. The van der Waals surface area contributed by atoms with Gasteiger partial charge in [0.1, 0.15) is 35.7 Å². The number of hydrogen-bond acceptors (Lipinski definition) is 5. The van der Waals surface area contributed by atoms with Crippen LogP contribution in [0.2, 0.25) is 0 Å². The highest BCUT2D eigenvalue weighted by Gasteiger charge is 2.11. The van der Waals surface area contributed by atoms with Crippen molar-refractivity contribution in [2.24, 2.45) is 5.16 Å². The van der Waals surface area contributed by atoms with Crippen LogP contribution in [0.1, 0.15) is 5.56 Å². The lowest BCUT2D eigenvalue weighted by Crippen LogP contribution is -2.13. The molecule has 0 atom stereocenters. The van der Waals surface area contributed by atoms with Gasteiger partial charge in [0.2, 0.25) is 0 Å². The van der Waals surface area contributed by atoms with Gasteiger partial charge in [0, 0.05) is 11.6 Å². The maximum absolute atomic E-state index is 13.1. The van der Waals surface area contributed by atoms with Crippen LogP contribution < -0.4 is 10.2 Å². The minimum absolute atomic E-state index is 0.0417. The molecule has 0 radical (unpaired) electrons. The fraction of sp³-hybridized carbons (Fsp3) is 0.0435. The van der Waals surface area contributed by atoms with E-state index in [4.69, 9.17) is 9.15 Å². The molecule has 1 aromatic heterocycles.